The number of hydrogen-bond acceptors (Lipinski definition) is 3. The molecule has 1 heterocycles. The molecule has 0 bridgehead atoms. The average Bonchev–Trinajstić information content (AvgIpc) is 2.13. The van der Waals surface area contributed by atoms with Crippen LogP contribution in [0.4, 0.5) is 0 Å². The molecule has 0 saturated carbocycles. The third-order valence-electron chi connectivity index (χ3n) is 2.90. The fraction of sp³-hybridized carbons (Fsp3) is 1.00. The van der Waals surface area contributed by atoms with Gasteiger partial charge in [-0.1, -0.05) is 13.3 Å². The molecule has 1 aliphatic rings. The lowest BCUT2D eigenvalue weighted by Gasteiger charge is -2.28. The van der Waals surface area contributed by atoms with Gasteiger partial charge in [-0.25, -0.2) is 8.42 Å². The van der Waals surface area contributed by atoms with Gasteiger partial charge in [-0.15, -0.1) is 0 Å². The molecule has 0 aromatic carbocycles. The van der Waals surface area contributed by atoms with Gasteiger partial charge in [0.15, 0.2) is 9.84 Å². The molecule has 1 fully saturated rings. The third-order valence-corrected chi connectivity index (χ3v) is 5.33. The lowest BCUT2D eigenvalue weighted by molar-refractivity contribution is 0.457. The first kappa shape index (κ1) is 12.0. The summed E-state index contributed by atoms with van der Waals surface area (Å²) in [4.78, 5) is 0. The van der Waals surface area contributed by atoms with Crippen molar-refractivity contribution in [2.75, 3.05) is 12.3 Å². The van der Waals surface area contributed by atoms with Gasteiger partial charge in [0.2, 0.25) is 0 Å². The van der Waals surface area contributed by atoms with Crippen molar-refractivity contribution in [1.82, 2.24) is 5.32 Å². The van der Waals surface area contributed by atoms with E-state index in [9.17, 15) is 8.42 Å². The zero-order valence-corrected chi connectivity index (χ0v) is 9.94. The third kappa shape index (κ3) is 2.95. The van der Waals surface area contributed by atoms with Crippen LogP contribution in [0.1, 0.15) is 39.5 Å². The van der Waals surface area contributed by atoms with Crippen molar-refractivity contribution >= 4 is 9.84 Å². The van der Waals surface area contributed by atoms with Crippen LogP contribution in [-0.4, -0.2) is 32.0 Å². The van der Waals surface area contributed by atoms with Crippen LogP contribution in [0.15, 0.2) is 0 Å². The molecule has 0 spiro atoms. The Hall–Kier alpha value is -0.0900. The van der Waals surface area contributed by atoms with Gasteiger partial charge >= 0.3 is 0 Å². The zero-order chi connectivity index (χ0) is 10.6. The predicted molar refractivity (Wildman–Crippen MR) is 59.2 cm³/mol. The molecule has 2 unspecified atom stereocenters. The summed E-state index contributed by atoms with van der Waals surface area (Å²) in [5.41, 5.74) is 0. The molecule has 0 aliphatic carbocycles. The second-order valence-electron chi connectivity index (χ2n) is 4.14. The molecular weight excluding hydrogens is 198 g/mol. The summed E-state index contributed by atoms with van der Waals surface area (Å²) in [7, 11) is -2.82. The molecule has 1 N–H and O–H groups in total. The van der Waals surface area contributed by atoms with Crippen LogP contribution >= 0.6 is 0 Å². The molecule has 0 amide bonds. The molecule has 4 heteroatoms. The second-order valence-corrected chi connectivity index (χ2v) is 6.48. The quantitative estimate of drug-likeness (QED) is 0.776. The number of hydrogen-bond donors (Lipinski definition) is 1. The molecule has 1 aliphatic heterocycles. The van der Waals surface area contributed by atoms with E-state index in [2.05, 4.69) is 12.2 Å². The van der Waals surface area contributed by atoms with E-state index in [4.69, 9.17) is 0 Å². The summed E-state index contributed by atoms with van der Waals surface area (Å²) in [6, 6.07) is 0.111. The summed E-state index contributed by atoms with van der Waals surface area (Å²) < 4.78 is 23.5. The van der Waals surface area contributed by atoms with Crippen molar-refractivity contribution < 1.29 is 8.42 Å². The van der Waals surface area contributed by atoms with Gasteiger partial charge in [-0.05, 0) is 32.7 Å². The smallest absolute Gasteiger partial charge is 0.154 e. The van der Waals surface area contributed by atoms with Gasteiger partial charge in [0, 0.05) is 6.04 Å². The Morgan fingerprint density at radius 2 is 2.14 bits per heavy atom. The van der Waals surface area contributed by atoms with Crippen LogP contribution in [0.3, 0.4) is 0 Å². The maximum atomic E-state index is 11.7. The molecule has 1 saturated heterocycles. The van der Waals surface area contributed by atoms with Gasteiger partial charge in [-0.3, -0.25) is 0 Å². The summed E-state index contributed by atoms with van der Waals surface area (Å²) in [5.74, 6) is 0.385. The van der Waals surface area contributed by atoms with E-state index in [1.54, 1.807) is 0 Å². The summed E-state index contributed by atoms with van der Waals surface area (Å²) in [6.07, 6.45) is 3.79. The van der Waals surface area contributed by atoms with Gasteiger partial charge in [-0.2, -0.15) is 0 Å². The van der Waals surface area contributed by atoms with E-state index in [1.807, 2.05) is 6.92 Å². The van der Waals surface area contributed by atoms with Crippen LogP contribution < -0.4 is 5.32 Å². The van der Waals surface area contributed by atoms with E-state index in [0.717, 1.165) is 32.2 Å². The van der Waals surface area contributed by atoms with Crippen LogP contribution in [0.2, 0.25) is 0 Å². The highest BCUT2D eigenvalue weighted by Crippen LogP contribution is 2.22. The monoisotopic (exact) mass is 219 g/mol. The van der Waals surface area contributed by atoms with Crippen molar-refractivity contribution in [3.63, 3.8) is 0 Å². The molecule has 1 rings (SSSR count). The SMILES string of the molecule is CCCNC(C)C1CCCCS1(=O)=O. The summed E-state index contributed by atoms with van der Waals surface area (Å²) in [6.45, 7) is 4.99. The van der Waals surface area contributed by atoms with Crippen LogP contribution in [0.5, 0.6) is 0 Å². The molecule has 0 radical (unpaired) electrons. The number of rotatable bonds is 4. The Labute approximate surface area is 87.2 Å². The molecule has 0 aromatic rings. The minimum absolute atomic E-state index is 0.111. The van der Waals surface area contributed by atoms with E-state index in [0.29, 0.717) is 5.75 Å². The average molecular weight is 219 g/mol. The largest absolute Gasteiger partial charge is 0.313 e. The van der Waals surface area contributed by atoms with Crippen molar-refractivity contribution in [3.8, 4) is 0 Å². The highest BCUT2D eigenvalue weighted by Gasteiger charge is 2.32. The molecule has 84 valence electrons. The topological polar surface area (TPSA) is 46.2 Å². The number of nitrogens with one attached hydrogen (secondary N) is 1. The fourth-order valence-corrected chi connectivity index (χ4v) is 4.20. The maximum absolute atomic E-state index is 11.7. The van der Waals surface area contributed by atoms with Gasteiger partial charge < -0.3 is 5.32 Å². The maximum Gasteiger partial charge on any atom is 0.154 e. The molecule has 14 heavy (non-hydrogen) atoms. The lowest BCUT2D eigenvalue weighted by Crippen LogP contribution is -2.45. The highest BCUT2D eigenvalue weighted by molar-refractivity contribution is 7.92. The van der Waals surface area contributed by atoms with Crippen LogP contribution in [0.25, 0.3) is 0 Å². The lowest BCUT2D eigenvalue weighted by atomic mass is 10.1. The minimum Gasteiger partial charge on any atom is -0.313 e. The molecule has 0 aromatic heterocycles. The Kier molecular flexibility index (Phi) is 4.38. The Morgan fingerprint density at radius 3 is 2.71 bits per heavy atom. The van der Waals surface area contributed by atoms with Gasteiger partial charge in [0.05, 0.1) is 11.0 Å². The Balaban J connectivity index is 2.56. The zero-order valence-electron chi connectivity index (χ0n) is 9.12. The van der Waals surface area contributed by atoms with E-state index in [-0.39, 0.29) is 11.3 Å². The molecule has 2 atom stereocenters. The Morgan fingerprint density at radius 1 is 1.43 bits per heavy atom. The van der Waals surface area contributed by atoms with Crippen LogP contribution in [-0.2, 0) is 9.84 Å². The fourth-order valence-electron chi connectivity index (χ4n) is 2.04. The van der Waals surface area contributed by atoms with Crippen molar-refractivity contribution in [1.29, 1.82) is 0 Å². The number of sulfone groups is 1. The van der Waals surface area contributed by atoms with E-state index in [1.165, 1.54) is 0 Å². The standard InChI is InChI=1S/C10H21NO2S/c1-3-7-11-9(2)10-6-4-5-8-14(10,12)13/h9-11H,3-8H2,1-2H3. The van der Waals surface area contributed by atoms with Crippen LogP contribution in [0, 0.1) is 0 Å². The van der Waals surface area contributed by atoms with E-state index < -0.39 is 9.84 Å². The highest BCUT2D eigenvalue weighted by atomic mass is 32.2. The van der Waals surface area contributed by atoms with E-state index >= 15 is 0 Å². The van der Waals surface area contributed by atoms with Crippen molar-refractivity contribution in [3.05, 3.63) is 0 Å². The van der Waals surface area contributed by atoms with Gasteiger partial charge in [0.1, 0.15) is 0 Å². The second kappa shape index (κ2) is 5.12. The van der Waals surface area contributed by atoms with Crippen molar-refractivity contribution in [2.45, 2.75) is 50.8 Å². The first-order chi connectivity index (χ1) is 6.58. The molecular formula is C10H21NO2S. The molecule has 3 nitrogen and oxygen atoms in total. The Bertz CT molecular complexity index is 261. The minimum atomic E-state index is -2.82. The predicted octanol–water partition coefficient (Wildman–Crippen LogP) is 1.34. The first-order valence-electron chi connectivity index (χ1n) is 5.53. The van der Waals surface area contributed by atoms with Gasteiger partial charge in [0.25, 0.3) is 0 Å². The summed E-state index contributed by atoms with van der Waals surface area (Å²) >= 11 is 0. The summed E-state index contributed by atoms with van der Waals surface area (Å²) in [5, 5.41) is 3.13. The van der Waals surface area contributed by atoms with Crippen molar-refractivity contribution in [2.24, 2.45) is 0 Å². The first-order valence-corrected chi connectivity index (χ1v) is 7.24. The normalized spacial score (nSPS) is 28.6.